The Kier molecular flexibility index (Phi) is 4.57. The van der Waals surface area contributed by atoms with Crippen LogP contribution in [-0.4, -0.2) is 33.4 Å². The molecule has 18 heavy (non-hydrogen) atoms. The van der Waals surface area contributed by atoms with Gasteiger partial charge in [-0.3, -0.25) is 5.32 Å². The standard InChI is InChI=1S/C11H18N4O3/c1-11(2,3)18-10(17)15-9-13-4-7(5-14-9)8(12)6-16/h4-5,8,16H,6,12H2,1-3H3,(H,13,14,15,17)/t8-/m1/s1. The summed E-state index contributed by atoms with van der Waals surface area (Å²) in [5, 5.41) is 11.3. The van der Waals surface area contributed by atoms with Crippen molar-refractivity contribution in [2.75, 3.05) is 11.9 Å². The van der Waals surface area contributed by atoms with Gasteiger partial charge in [-0.25, -0.2) is 14.8 Å². The fraction of sp³-hybridized carbons (Fsp3) is 0.545. The Bertz CT molecular complexity index is 400. The van der Waals surface area contributed by atoms with Crippen LogP contribution in [0.1, 0.15) is 32.4 Å². The Morgan fingerprint density at radius 3 is 2.50 bits per heavy atom. The maximum Gasteiger partial charge on any atom is 0.414 e. The molecule has 1 amide bonds. The fourth-order valence-corrected chi connectivity index (χ4v) is 1.09. The van der Waals surface area contributed by atoms with E-state index in [-0.39, 0.29) is 12.6 Å². The molecule has 0 aliphatic carbocycles. The van der Waals surface area contributed by atoms with Crippen molar-refractivity contribution in [2.24, 2.45) is 5.73 Å². The maximum atomic E-state index is 11.4. The van der Waals surface area contributed by atoms with Crippen molar-refractivity contribution in [3.63, 3.8) is 0 Å². The summed E-state index contributed by atoms with van der Waals surface area (Å²) in [5.74, 6) is 0.123. The van der Waals surface area contributed by atoms with Gasteiger partial charge in [-0.1, -0.05) is 0 Å². The fourth-order valence-electron chi connectivity index (χ4n) is 1.09. The number of hydrogen-bond acceptors (Lipinski definition) is 6. The minimum Gasteiger partial charge on any atom is -0.444 e. The summed E-state index contributed by atoms with van der Waals surface area (Å²) in [7, 11) is 0. The highest BCUT2D eigenvalue weighted by Gasteiger charge is 2.17. The highest BCUT2D eigenvalue weighted by Crippen LogP contribution is 2.10. The molecule has 1 rings (SSSR count). The van der Waals surface area contributed by atoms with Crippen molar-refractivity contribution < 1.29 is 14.6 Å². The molecule has 0 unspecified atom stereocenters. The minimum atomic E-state index is -0.623. The van der Waals surface area contributed by atoms with Crippen LogP contribution in [-0.2, 0) is 4.74 Å². The number of carbonyl (C=O) groups excluding carboxylic acids is 1. The molecule has 0 spiro atoms. The summed E-state index contributed by atoms with van der Waals surface area (Å²) < 4.78 is 5.05. The predicted molar refractivity (Wildman–Crippen MR) is 65.9 cm³/mol. The van der Waals surface area contributed by atoms with E-state index in [1.807, 2.05) is 0 Å². The number of nitrogens with two attached hydrogens (primary N) is 1. The third-order valence-corrected chi connectivity index (χ3v) is 1.91. The van der Waals surface area contributed by atoms with E-state index >= 15 is 0 Å². The van der Waals surface area contributed by atoms with E-state index in [0.717, 1.165) is 0 Å². The van der Waals surface area contributed by atoms with Gasteiger partial charge in [-0.2, -0.15) is 0 Å². The smallest absolute Gasteiger partial charge is 0.414 e. The van der Waals surface area contributed by atoms with Crippen LogP contribution in [0.2, 0.25) is 0 Å². The molecule has 0 fully saturated rings. The SMILES string of the molecule is CC(C)(C)OC(=O)Nc1ncc([C@H](N)CO)cn1. The van der Waals surface area contributed by atoms with Gasteiger partial charge in [0.2, 0.25) is 5.95 Å². The Hall–Kier alpha value is -1.73. The molecule has 4 N–H and O–H groups in total. The Morgan fingerprint density at radius 1 is 1.50 bits per heavy atom. The van der Waals surface area contributed by atoms with E-state index in [1.165, 1.54) is 12.4 Å². The van der Waals surface area contributed by atoms with Gasteiger partial charge in [0.05, 0.1) is 12.6 Å². The largest absolute Gasteiger partial charge is 0.444 e. The van der Waals surface area contributed by atoms with Crippen LogP contribution in [0.5, 0.6) is 0 Å². The monoisotopic (exact) mass is 254 g/mol. The van der Waals surface area contributed by atoms with Crippen LogP contribution < -0.4 is 11.1 Å². The number of ether oxygens (including phenoxy) is 1. The number of aliphatic hydroxyl groups excluding tert-OH is 1. The number of anilines is 1. The molecule has 0 aliphatic heterocycles. The molecular formula is C11H18N4O3. The lowest BCUT2D eigenvalue weighted by atomic mass is 10.2. The number of amides is 1. The van der Waals surface area contributed by atoms with Crippen LogP contribution in [0.3, 0.4) is 0 Å². The minimum absolute atomic E-state index is 0.123. The van der Waals surface area contributed by atoms with E-state index in [1.54, 1.807) is 20.8 Å². The Labute approximate surface area is 105 Å². The molecule has 1 atom stereocenters. The van der Waals surface area contributed by atoms with Crippen LogP contribution in [0, 0.1) is 0 Å². The molecule has 7 nitrogen and oxygen atoms in total. The summed E-state index contributed by atoms with van der Waals surface area (Å²) in [4.78, 5) is 19.2. The number of hydrogen-bond donors (Lipinski definition) is 3. The van der Waals surface area contributed by atoms with Crippen molar-refractivity contribution in [1.82, 2.24) is 9.97 Å². The van der Waals surface area contributed by atoms with Gasteiger partial charge in [0.1, 0.15) is 5.60 Å². The second kappa shape index (κ2) is 5.74. The van der Waals surface area contributed by atoms with Crippen molar-refractivity contribution in [3.05, 3.63) is 18.0 Å². The topological polar surface area (TPSA) is 110 Å². The van der Waals surface area contributed by atoms with Gasteiger partial charge in [-0.15, -0.1) is 0 Å². The average molecular weight is 254 g/mol. The highest BCUT2D eigenvalue weighted by molar-refractivity contribution is 5.82. The molecule has 0 bridgehead atoms. The first-order valence-corrected chi connectivity index (χ1v) is 5.50. The lowest BCUT2D eigenvalue weighted by molar-refractivity contribution is 0.0634. The maximum absolute atomic E-state index is 11.4. The predicted octanol–water partition coefficient (Wildman–Crippen LogP) is 0.816. The molecule has 0 aliphatic rings. The number of nitrogens with zero attached hydrogens (tertiary/aromatic N) is 2. The van der Waals surface area contributed by atoms with Crippen molar-refractivity contribution in [1.29, 1.82) is 0 Å². The summed E-state index contributed by atoms with van der Waals surface area (Å²) >= 11 is 0. The number of carbonyl (C=O) groups is 1. The van der Waals surface area contributed by atoms with Gasteiger partial charge in [-0.05, 0) is 20.8 Å². The first kappa shape index (κ1) is 14.3. The number of rotatable bonds is 3. The normalized spacial score (nSPS) is 12.9. The zero-order valence-electron chi connectivity index (χ0n) is 10.7. The van der Waals surface area contributed by atoms with Crippen molar-refractivity contribution in [3.8, 4) is 0 Å². The Balaban J connectivity index is 2.61. The molecule has 0 saturated carbocycles. The summed E-state index contributed by atoms with van der Waals surface area (Å²) in [6.45, 7) is 5.09. The third-order valence-electron chi connectivity index (χ3n) is 1.91. The lowest BCUT2D eigenvalue weighted by Crippen LogP contribution is -2.27. The second-order valence-corrected chi connectivity index (χ2v) is 4.76. The zero-order chi connectivity index (χ0) is 13.8. The van der Waals surface area contributed by atoms with E-state index in [4.69, 9.17) is 15.6 Å². The zero-order valence-corrected chi connectivity index (χ0v) is 10.7. The molecular weight excluding hydrogens is 236 g/mol. The summed E-state index contributed by atoms with van der Waals surface area (Å²) in [6.07, 6.45) is 2.27. The van der Waals surface area contributed by atoms with Crippen molar-refractivity contribution in [2.45, 2.75) is 32.4 Å². The molecule has 100 valence electrons. The van der Waals surface area contributed by atoms with Crippen LogP contribution in [0.25, 0.3) is 0 Å². The van der Waals surface area contributed by atoms with Gasteiger partial charge >= 0.3 is 6.09 Å². The highest BCUT2D eigenvalue weighted by atomic mass is 16.6. The van der Waals surface area contributed by atoms with Gasteiger partial charge in [0.25, 0.3) is 0 Å². The number of nitrogens with one attached hydrogen (secondary N) is 1. The Morgan fingerprint density at radius 2 is 2.06 bits per heavy atom. The third kappa shape index (κ3) is 4.64. The molecule has 1 aromatic heterocycles. The van der Waals surface area contributed by atoms with E-state index in [2.05, 4.69) is 15.3 Å². The van der Waals surface area contributed by atoms with Gasteiger partial charge in [0.15, 0.2) is 0 Å². The first-order valence-electron chi connectivity index (χ1n) is 5.50. The quantitative estimate of drug-likeness (QED) is 0.736. The molecule has 1 aromatic rings. The van der Waals surface area contributed by atoms with Crippen molar-refractivity contribution >= 4 is 12.0 Å². The second-order valence-electron chi connectivity index (χ2n) is 4.76. The number of aliphatic hydroxyl groups is 1. The van der Waals surface area contributed by atoms with Crippen LogP contribution in [0.4, 0.5) is 10.7 Å². The van der Waals surface area contributed by atoms with E-state index in [0.29, 0.717) is 5.56 Å². The molecule has 0 saturated heterocycles. The van der Waals surface area contributed by atoms with E-state index < -0.39 is 17.7 Å². The molecule has 0 radical (unpaired) electrons. The lowest BCUT2D eigenvalue weighted by Gasteiger charge is -2.19. The van der Waals surface area contributed by atoms with Crippen LogP contribution in [0.15, 0.2) is 12.4 Å². The molecule has 0 aromatic carbocycles. The summed E-state index contributed by atoms with van der Waals surface area (Å²) in [5.41, 5.74) is 5.60. The first-order chi connectivity index (χ1) is 8.31. The van der Waals surface area contributed by atoms with Gasteiger partial charge < -0.3 is 15.6 Å². The van der Waals surface area contributed by atoms with Crippen LogP contribution >= 0.6 is 0 Å². The van der Waals surface area contributed by atoms with Gasteiger partial charge in [0, 0.05) is 18.0 Å². The number of aromatic nitrogens is 2. The molecule has 7 heteroatoms. The average Bonchev–Trinajstić information content (AvgIpc) is 2.26. The summed E-state index contributed by atoms with van der Waals surface area (Å²) in [6, 6.07) is -0.527. The van der Waals surface area contributed by atoms with E-state index in [9.17, 15) is 4.79 Å². The molecule has 1 heterocycles.